The number of fused-ring (bicyclic) bond motifs is 5. The zero-order valence-corrected chi connectivity index (χ0v) is 26.5. The Morgan fingerprint density at radius 3 is 2.33 bits per heavy atom. The lowest BCUT2D eigenvalue weighted by Gasteiger charge is -2.63. The molecule has 0 radical (unpaired) electrons. The van der Waals surface area contributed by atoms with Crippen molar-refractivity contribution >= 4 is 11.9 Å². The van der Waals surface area contributed by atoms with Crippen molar-refractivity contribution < 1.29 is 23.8 Å². The van der Waals surface area contributed by atoms with Gasteiger partial charge in [-0.3, -0.25) is 4.79 Å². The molecule has 232 valence electrons. The molecule has 0 spiro atoms. The first-order valence-electron chi connectivity index (χ1n) is 16.8. The predicted octanol–water partition coefficient (Wildman–Crippen LogP) is 8.52. The molecule has 43 heavy (non-hydrogen) atoms. The van der Waals surface area contributed by atoms with Gasteiger partial charge >= 0.3 is 11.9 Å². The van der Waals surface area contributed by atoms with Crippen LogP contribution in [0.25, 0.3) is 0 Å². The Bertz CT molecular complexity index is 1260. The predicted molar refractivity (Wildman–Crippen MR) is 168 cm³/mol. The lowest BCUT2D eigenvalue weighted by Crippen LogP contribution is -2.60. The van der Waals surface area contributed by atoms with Gasteiger partial charge in [-0.05, 0) is 123 Å². The molecule has 2 aromatic rings. The minimum atomic E-state index is -0.189. The van der Waals surface area contributed by atoms with Gasteiger partial charge < -0.3 is 14.2 Å². The number of methoxy groups -OCH3 is 1. The molecule has 0 aliphatic heterocycles. The molecule has 10 atom stereocenters. The third-order valence-electron chi connectivity index (χ3n) is 12.8. The summed E-state index contributed by atoms with van der Waals surface area (Å²) < 4.78 is 18.1. The van der Waals surface area contributed by atoms with Gasteiger partial charge in [-0.1, -0.05) is 57.2 Å². The molecule has 0 bridgehead atoms. The number of carbonyl (C=O) groups excluding carboxylic acids is 2. The van der Waals surface area contributed by atoms with Crippen molar-refractivity contribution in [1.82, 2.24) is 0 Å². The van der Waals surface area contributed by atoms with E-state index in [1.54, 1.807) is 0 Å². The molecule has 4 fully saturated rings. The van der Waals surface area contributed by atoms with Crippen LogP contribution in [0.2, 0.25) is 0 Å². The summed E-state index contributed by atoms with van der Waals surface area (Å²) in [7, 11) is 1.49. The van der Waals surface area contributed by atoms with E-state index in [0.717, 1.165) is 37.9 Å². The van der Waals surface area contributed by atoms with Crippen molar-refractivity contribution in [3.05, 3.63) is 66.2 Å². The summed E-state index contributed by atoms with van der Waals surface area (Å²) in [5.74, 6) is 4.12. The van der Waals surface area contributed by atoms with Crippen molar-refractivity contribution in [3.63, 3.8) is 0 Å². The van der Waals surface area contributed by atoms with Crippen LogP contribution in [0, 0.1) is 46.3 Å². The van der Waals surface area contributed by atoms with Gasteiger partial charge in [0.25, 0.3) is 0 Å². The molecule has 4 aliphatic rings. The molecule has 4 aliphatic carbocycles. The highest BCUT2D eigenvalue weighted by Gasteiger charge is 2.65. The molecule has 0 heterocycles. The topological polar surface area (TPSA) is 61.8 Å². The summed E-state index contributed by atoms with van der Waals surface area (Å²) >= 11 is 0. The first-order chi connectivity index (χ1) is 20.7. The fourth-order valence-corrected chi connectivity index (χ4v) is 10.5. The van der Waals surface area contributed by atoms with Crippen LogP contribution in [0.5, 0.6) is 5.75 Å². The van der Waals surface area contributed by atoms with E-state index in [2.05, 4.69) is 51.1 Å². The Labute approximate surface area is 258 Å². The van der Waals surface area contributed by atoms with Crippen molar-refractivity contribution in [2.45, 2.75) is 97.2 Å². The number of carbonyl (C=O) groups is 2. The molecule has 5 nitrogen and oxygen atoms in total. The Balaban J connectivity index is 1.23. The summed E-state index contributed by atoms with van der Waals surface area (Å²) in [5.41, 5.74) is 0.939. The maximum atomic E-state index is 12.9. The Morgan fingerprint density at radius 1 is 0.884 bits per heavy atom. The van der Waals surface area contributed by atoms with E-state index in [4.69, 9.17) is 14.2 Å². The molecular formula is C38H50O5. The largest absolute Gasteiger partial charge is 0.490 e. The van der Waals surface area contributed by atoms with Crippen LogP contribution in [0.4, 0.5) is 0 Å². The van der Waals surface area contributed by atoms with E-state index < -0.39 is 0 Å². The smallest absolute Gasteiger partial charge is 0.338 e. The second kappa shape index (κ2) is 12.3. The maximum absolute atomic E-state index is 12.9. The van der Waals surface area contributed by atoms with Gasteiger partial charge in [0.15, 0.2) is 0 Å². The molecule has 0 saturated heterocycles. The maximum Gasteiger partial charge on any atom is 0.338 e. The number of ether oxygens (including phenoxy) is 3. The number of esters is 2. The van der Waals surface area contributed by atoms with E-state index in [-0.39, 0.29) is 35.0 Å². The lowest BCUT2D eigenvalue weighted by molar-refractivity contribution is -0.168. The molecule has 6 rings (SSSR count). The number of para-hydroxylation sites is 1. The molecule has 2 aromatic carbocycles. The molecule has 4 saturated carbocycles. The molecule has 0 N–H and O–H groups in total. The number of benzene rings is 2. The number of hydrogen-bond acceptors (Lipinski definition) is 5. The van der Waals surface area contributed by atoms with Crippen LogP contribution in [-0.4, -0.2) is 31.3 Å². The second-order valence-corrected chi connectivity index (χ2v) is 14.6. The van der Waals surface area contributed by atoms with Crippen LogP contribution in [0.3, 0.4) is 0 Å². The normalized spacial score (nSPS) is 37.3. The van der Waals surface area contributed by atoms with Crippen molar-refractivity contribution in [3.8, 4) is 5.75 Å². The standard InChI is InChI=1S/C38H50O5/c1-25(15-20-35(39)41-4)31-18-19-32-30-17-16-27-23-29(43-36(40)26-11-7-5-8-12-26)21-22-37(27,2)33(30)24-34(38(31,32)3)42-28-13-9-6-10-14-28/h5-14,25,27,29-34H,15-24H2,1-4H3/t25-,27-,29+,30+,31-,32+,33+,34+,37+,38-/m1/s1. The van der Waals surface area contributed by atoms with Crippen molar-refractivity contribution in [2.75, 3.05) is 7.11 Å². The van der Waals surface area contributed by atoms with Gasteiger partial charge in [-0.2, -0.15) is 0 Å². The van der Waals surface area contributed by atoms with Crippen LogP contribution < -0.4 is 4.74 Å². The molecular weight excluding hydrogens is 536 g/mol. The van der Waals surface area contributed by atoms with Gasteiger partial charge in [-0.25, -0.2) is 4.79 Å². The first kappa shape index (κ1) is 30.2. The highest BCUT2D eigenvalue weighted by molar-refractivity contribution is 5.89. The van der Waals surface area contributed by atoms with Gasteiger partial charge in [0.1, 0.15) is 18.0 Å². The summed E-state index contributed by atoms with van der Waals surface area (Å²) in [6, 6.07) is 19.8. The minimum absolute atomic E-state index is 0.000857. The van der Waals surface area contributed by atoms with Crippen molar-refractivity contribution in [2.24, 2.45) is 46.3 Å². The highest BCUT2D eigenvalue weighted by Crippen LogP contribution is 2.69. The van der Waals surface area contributed by atoms with Crippen molar-refractivity contribution in [1.29, 1.82) is 0 Å². The lowest BCUT2D eigenvalue weighted by atomic mass is 9.43. The second-order valence-electron chi connectivity index (χ2n) is 14.6. The number of hydrogen-bond donors (Lipinski definition) is 0. The van der Waals surface area contributed by atoms with Crippen LogP contribution in [-0.2, 0) is 14.3 Å². The fraction of sp³-hybridized carbons (Fsp3) is 0.632. The average Bonchev–Trinajstić information content (AvgIpc) is 3.39. The first-order valence-corrected chi connectivity index (χ1v) is 16.8. The van der Waals surface area contributed by atoms with Gasteiger partial charge in [0, 0.05) is 11.8 Å². The number of rotatable bonds is 8. The average molecular weight is 587 g/mol. The zero-order valence-electron chi connectivity index (χ0n) is 26.5. The Hall–Kier alpha value is -2.82. The SMILES string of the molecule is COC(=O)CC[C@@H](C)[C@H]1CC[C@H]2[C@@H]3CC[C@@H]4C[C@@H](OC(=O)c5ccccc5)CC[C@]4(C)[C@H]3C[C@H](Oc3ccccc3)[C@]12C. The molecule has 0 unspecified atom stereocenters. The molecule has 5 heteroatoms. The minimum Gasteiger partial charge on any atom is -0.490 e. The Morgan fingerprint density at radius 2 is 1.60 bits per heavy atom. The molecule has 0 aromatic heterocycles. The van der Waals surface area contributed by atoms with Crippen LogP contribution >= 0.6 is 0 Å². The summed E-state index contributed by atoms with van der Waals surface area (Å²) in [4.78, 5) is 24.9. The zero-order chi connectivity index (χ0) is 30.2. The third kappa shape index (κ3) is 5.62. The van der Waals surface area contributed by atoms with E-state index in [1.165, 1.54) is 32.8 Å². The van der Waals surface area contributed by atoms with Crippen LogP contribution in [0.15, 0.2) is 60.7 Å². The highest BCUT2D eigenvalue weighted by atomic mass is 16.5. The third-order valence-corrected chi connectivity index (χ3v) is 12.8. The summed E-state index contributed by atoms with van der Waals surface area (Å²) in [5, 5.41) is 0. The van der Waals surface area contributed by atoms with E-state index in [0.29, 0.717) is 47.5 Å². The van der Waals surface area contributed by atoms with Gasteiger partial charge in [0.2, 0.25) is 0 Å². The molecule has 0 amide bonds. The van der Waals surface area contributed by atoms with Crippen LogP contribution in [0.1, 0.15) is 95.3 Å². The summed E-state index contributed by atoms with van der Waals surface area (Å²) in [6.07, 6.45) is 10.5. The van der Waals surface area contributed by atoms with Gasteiger partial charge in [0.05, 0.1) is 12.7 Å². The van der Waals surface area contributed by atoms with E-state index >= 15 is 0 Å². The fourth-order valence-electron chi connectivity index (χ4n) is 10.5. The van der Waals surface area contributed by atoms with E-state index in [9.17, 15) is 9.59 Å². The van der Waals surface area contributed by atoms with Gasteiger partial charge in [-0.15, -0.1) is 0 Å². The quantitative estimate of drug-likeness (QED) is 0.290. The van der Waals surface area contributed by atoms with E-state index in [1.807, 2.05) is 30.3 Å². The Kier molecular flexibility index (Phi) is 8.63. The monoisotopic (exact) mass is 586 g/mol. The summed E-state index contributed by atoms with van der Waals surface area (Å²) in [6.45, 7) is 7.43.